The second kappa shape index (κ2) is 6.42. The average Bonchev–Trinajstić information content (AvgIpc) is 2.99. The molecule has 6 heteroatoms. The maximum Gasteiger partial charge on any atom is 0.246 e. The summed E-state index contributed by atoms with van der Waals surface area (Å²) in [4.78, 5) is 7.04. The molecule has 1 N–H and O–H groups in total. The van der Waals surface area contributed by atoms with E-state index in [9.17, 15) is 0 Å². The van der Waals surface area contributed by atoms with Crippen LogP contribution in [0.5, 0.6) is 0 Å². The molecule has 2 aliphatic rings. The Morgan fingerprint density at radius 2 is 2.33 bits per heavy atom. The molecule has 2 fully saturated rings. The van der Waals surface area contributed by atoms with Crippen LogP contribution in [0.4, 0.5) is 0 Å². The summed E-state index contributed by atoms with van der Waals surface area (Å²) >= 11 is 0. The molecule has 6 nitrogen and oxygen atoms in total. The monoisotopic (exact) mass is 294 g/mol. The standard InChI is InChI=1S/C15H26N4O2/c1-3-8-19-9-10-20-12(11-19)13-17-14(21-18-13)15(2)6-4-5-7-16-15/h12,16H,3-11H2,1-2H3. The molecule has 2 saturated heterocycles. The Kier molecular flexibility index (Phi) is 4.57. The molecule has 0 amide bonds. The van der Waals surface area contributed by atoms with Crippen LogP contribution in [-0.2, 0) is 10.3 Å². The van der Waals surface area contributed by atoms with Crippen molar-refractivity contribution in [1.82, 2.24) is 20.4 Å². The molecule has 0 spiro atoms. The third-order valence-corrected chi connectivity index (χ3v) is 4.51. The number of ether oxygens (including phenoxy) is 1. The highest BCUT2D eigenvalue weighted by molar-refractivity contribution is 5.05. The second-order valence-electron chi connectivity index (χ2n) is 6.33. The Bertz CT molecular complexity index is 454. The van der Waals surface area contributed by atoms with Crippen molar-refractivity contribution >= 4 is 0 Å². The van der Waals surface area contributed by atoms with Gasteiger partial charge in [0.1, 0.15) is 6.10 Å². The smallest absolute Gasteiger partial charge is 0.246 e. The minimum atomic E-state index is -0.179. The van der Waals surface area contributed by atoms with Crippen molar-refractivity contribution in [2.24, 2.45) is 0 Å². The highest BCUT2D eigenvalue weighted by Crippen LogP contribution is 2.30. The first-order valence-corrected chi connectivity index (χ1v) is 8.14. The molecule has 0 radical (unpaired) electrons. The van der Waals surface area contributed by atoms with Crippen LogP contribution in [0, 0.1) is 0 Å². The third-order valence-electron chi connectivity index (χ3n) is 4.51. The summed E-state index contributed by atoms with van der Waals surface area (Å²) in [7, 11) is 0. The van der Waals surface area contributed by atoms with Crippen molar-refractivity contribution in [1.29, 1.82) is 0 Å². The lowest BCUT2D eigenvalue weighted by Crippen LogP contribution is -2.43. The summed E-state index contributed by atoms with van der Waals surface area (Å²) in [6.45, 7) is 9.05. The molecular weight excluding hydrogens is 268 g/mol. The van der Waals surface area contributed by atoms with Crippen molar-refractivity contribution in [3.05, 3.63) is 11.7 Å². The molecule has 0 aromatic carbocycles. The topological polar surface area (TPSA) is 63.4 Å². The van der Waals surface area contributed by atoms with E-state index >= 15 is 0 Å². The lowest BCUT2D eigenvalue weighted by Gasteiger charge is -2.32. The van der Waals surface area contributed by atoms with Gasteiger partial charge in [0.2, 0.25) is 11.7 Å². The summed E-state index contributed by atoms with van der Waals surface area (Å²) in [6, 6.07) is 0. The van der Waals surface area contributed by atoms with Crippen LogP contribution in [0.15, 0.2) is 4.52 Å². The van der Waals surface area contributed by atoms with Crippen LogP contribution in [-0.4, -0.2) is 47.8 Å². The molecule has 0 saturated carbocycles. The van der Waals surface area contributed by atoms with Crippen molar-refractivity contribution in [3.8, 4) is 0 Å². The van der Waals surface area contributed by atoms with E-state index in [-0.39, 0.29) is 11.6 Å². The van der Waals surface area contributed by atoms with Crippen LogP contribution in [0.25, 0.3) is 0 Å². The van der Waals surface area contributed by atoms with E-state index in [0.29, 0.717) is 11.7 Å². The molecule has 2 atom stereocenters. The number of nitrogens with one attached hydrogen (secondary N) is 1. The van der Waals surface area contributed by atoms with Gasteiger partial charge in [0, 0.05) is 13.1 Å². The van der Waals surface area contributed by atoms with Crippen molar-refractivity contribution in [3.63, 3.8) is 0 Å². The van der Waals surface area contributed by atoms with E-state index in [2.05, 4.69) is 34.2 Å². The number of hydrogen-bond donors (Lipinski definition) is 1. The SMILES string of the molecule is CCCN1CCOC(c2noc(C3(C)CCCCN3)n2)C1. The van der Waals surface area contributed by atoms with Gasteiger partial charge in [0.25, 0.3) is 0 Å². The van der Waals surface area contributed by atoms with E-state index < -0.39 is 0 Å². The minimum absolute atomic E-state index is 0.0602. The molecule has 21 heavy (non-hydrogen) atoms. The van der Waals surface area contributed by atoms with Gasteiger partial charge in [0.05, 0.1) is 12.1 Å². The fourth-order valence-corrected chi connectivity index (χ4v) is 3.21. The van der Waals surface area contributed by atoms with Gasteiger partial charge in [0.15, 0.2) is 0 Å². The molecule has 3 heterocycles. The van der Waals surface area contributed by atoms with E-state index in [0.717, 1.165) is 45.6 Å². The van der Waals surface area contributed by atoms with Gasteiger partial charge in [-0.15, -0.1) is 0 Å². The van der Waals surface area contributed by atoms with Crippen LogP contribution in [0.3, 0.4) is 0 Å². The maximum absolute atomic E-state index is 5.83. The van der Waals surface area contributed by atoms with E-state index in [4.69, 9.17) is 9.26 Å². The normalized spacial score (nSPS) is 31.4. The highest BCUT2D eigenvalue weighted by Gasteiger charge is 2.35. The fraction of sp³-hybridized carbons (Fsp3) is 0.867. The van der Waals surface area contributed by atoms with Crippen molar-refractivity contribution in [2.75, 3.05) is 32.8 Å². The number of hydrogen-bond acceptors (Lipinski definition) is 6. The summed E-state index contributed by atoms with van der Waals surface area (Å²) in [6.07, 6.45) is 4.56. The van der Waals surface area contributed by atoms with Gasteiger partial charge in [-0.3, -0.25) is 4.90 Å². The predicted molar refractivity (Wildman–Crippen MR) is 78.9 cm³/mol. The van der Waals surface area contributed by atoms with Gasteiger partial charge in [-0.05, 0) is 45.7 Å². The zero-order valence-corrected chi connectivity index (χ0v) is 13.1. The summed E-state index contributed by atoms with van der Waals surface area (Å²) in [5.41, 5.74) is -0.179. The Hall–Kier alpha value is -0.980. The number of rotatable bonds is 4. The zero-order chi connectivity index (χ0) is 14.7. The number of aromatic nitrogens is 2. The molecule has 1 aromatic heterocycles. The largest absolute Gasteiger partial charge is 0.367 e. The summed E-state index contributed by atoms with van der Waals surface area (Å²) in [5.74, 6) is 1.40. The average molecular weight is 294 g/mol. The van der Waals surface area contributed by atoms with Gasteiger partial charge in [-0.25, -0.2) is 0 Å². The third kappa shape index (κ3) is 3.27. The highest BCUT2D eigenvalue weighted by atomic mass is 16.5. The van der Waals surface area contributed by atoms with Gasteiger partial charge in [-0.2, -0.15) is 4.98 Å². The van der Waals surface area contributed by atoms with Gasteiger partial charge >= 0.3 is 0 Å². The minimum Gasteiger partial charge on any atom is -0.367 e. The Labute approximate surface area is 126 Å². The Morgan fingerprint density at radius 3 is 3.10 bits per heavy atom. The lowest BCUT2D eigenvalue weighted by molar-refractivity contribution is -0.0350. The van der Waals surface area contributed by atoms with Gasteiger partial charge < -0.3 is 14.6 Å². The fourth-order valence-electron chi connectivity index (χ4n) is 3.21. The first-order chi connectivity index (χ1) is 10.2. The number of nitrogens with zero attached hydrogens (tertiary/aromatic N) is 3. The Balaban J connectivity index is 1.69. The quantitative estimate of drug-likeness (QED) is 0.914. The first kappa shape index (κ1) is 14.9. The molecule has 0 bridgehead atoms. The van der Waals surface area contributed by atoms with Crippen LogP contribution >= 0.6 is 0 Å². The van der Waals surface area contributed by atoms with Crippen LogP contribution in [0.1, 0.15) is 57.3 Å². The van der Waals surface area contributed by atoms with Crippen molar-refractivity contribution in [2.45, 2.75) is 51.2 Å². The molecule has 0 aliphatic carbocycles. The van der Waals surface area contributed by atoms with E-state index in [1.807, 2.05) is 0 Å². The molecule has 118 valence electrons. The van der Waals surface area contributed by atoms with Gasteiger partial charge in [-0.1, -0.05) is 12.1 Å². The molecule has 3 rings (SSSR count). The summed E-state index contributed by atoms with van der Waals surface area (Å²) in [5, 5.41) is 7.69. The molecule has 1 aromatic rings. The maximum atomic E-state index is 5.83. The number of morpholine rings is 1. The first-order valence-electron chi connectivity index (χ1n) is 8.14. The zero-order valence-electron chi connectivity index (χ0n) is 13.1. The summed E-state index contributed by atoms with van der Waals surface area (Å²) < 4.78 is 11.4. The van der Waals surface area contributed by atoms with E-state index in [1.165, 1.54) is 12.8 Å². The molecule has 2 unspecified atom stereocenters. The molecule has 2 aliphatic heterocycles. The predicted octanol–water partition coefficient (Wildman–Crippen LogP) is 1.84. The Morgan fingerprint density at radius 1 is 1.43 bits per heavy atom. The molecular formula is C15H26N4O2. The van der Waals surface area contributed by atoms with E-state index in [1.54, 1.807) is 0 Å². The van der Waals surface area contributed by atoms with Crippen LogP contribution in [0.2, 0.25) is 0 Å². The number of piperidine rings is 1. The lowest BCUT2D eigenvalue weighted by atomic mass is 9.91. The van der Waals surface area contributed by atoms with Crippen LogP contribution < -0.4 is 5.32 Å². The second-order valence-corrected chi connectivity index (χ2v) is 6.33. The van der Waals surface area contributed by atoms with Crippen molar-refractivity contribution < 1.29 is 9.26 Å².